The lowest BCUT2D eigenvalue weighted by Crippen LogP contribution is -2.46. The molecular formula is C29H37Cl2N3O6. The maximum Gasteiger partial charge on any atom is 0.333 e. The molecule has 11 heteroatoms. The zero-order valence-electron chi connectivity index (χ0n) is 22.9. The number of halogens is 2. The van der Waals surface area contributed by atoms with Crippen LogP contribution in [0.4, 0.5) is 11.4 Å². The van der Waals surface area contributed by atoms with E-state index in [1.54, 1.807) is 7.11 Å². The molecule has 0 unspecified atom stereocenters. The van der Waals surface area contributed by atoms with E-state index >= 15 is 0 Å². The second kappa shape index (κ2) is 15.4. The van der Waals surface area contributed by atoms with Crippen LogP contribution in [-0.4, -0.2) is 89.8 Å². The maximum atomic E-state index is 12.6. The lowest BCUT2D eigenvalue weighted by molar-refractivity contribution is -0.149. The zero-order chi connectivity index (χ0) is 28.3. The molecule has 0 aliphatic carbocycles. The molecule has 2 heterocycles. The largest absolute Gasteiger partial charge is 0.494 e. The molecule has 40 heavy (non-hydrogen) atoms. The van der Waals surface area contributed by atoms with Crippen molar-refractivity contribution in [2.75, 3.05) is 82.8 Å². The van der Waals surface area contributed by atoms with Crippen LogP contribution >= 0.6 is 23.2 Å². The van der Waals surface area contributed by atoms with Crippen molar-refractivity contribution in [2.24, 2.45) is 0 Å². The number of nitrogens with zero attached hydrogens (tertiary/aromatic N) is 3. The summed E-state index contributed by atoms with van der Waals surface area (Å²) in [6.07, 6.45) is 2.96. The number of hydrogen-bond acceptors (Lipinski definition) is 8. The summed E-state index contributed by atoms with van der Waals surface area (Å²) < 4.78 is 21.4. The number of aryl methyl sites for hydroxylation is 1. The first-order valence-electron chi connectivity index (χ1n) is 13.7. The predicted octanol–water partition coefficient (Wildman–Crippen LogP) is 4.42. The third kappa shape index (κ3) is 8.47. The Bertz CT molecular complexity index is 1140. The highest BCUT2D eigenvalue weighted by atomic mass is 35.5. The summed E-state index contributed by atoms with van der Waals surface area (Å²) in [6.45, 7) is 5.72. The molecular weight excluding hydrogens is 557 g/mol. The van der Waals surface area contributed by atoms with Gasteiger partial charge in [0.15, 0.2) is 6.73 Å². The molecule has 218 valence electrons. The van der Waals surface area contributed by atoms with E-state index in [1.807, 2.05) is 36.4 Å². The number of benzene rings is 2. The molecule has 2 aromatic carbocycles. The molecule has 0 bridgehead atoms. The molecule has 0 saturated carbocycles. The predicted molar refractivity (Wildman–Crippen MR) is 156 cm³/mol. The van der Waals surface area contributed by atoms with Crippen molar-refractivity contribution in [2.45, 2.75) is 25.7 Å². The zero-order valence-corrected chi connectivity index (χ0v) is 24.4. The number of unbranched alkanes of at least 4 members (excludes halogenated alkanes) is 1. The van der Waals surface area contributed by atoms with Crippen molar-refractivity contribution >= 4 is 46.5 Å². The van der Waals surface area contributed by atoms with Gasteiger partial charge in [0.25, 0.3) is 0 Å². The Hall–Kier alpha value is -2.56. The fraction of sp³-hybridized carbons (Fsp3) is 0.517. The molecule has 0 spiro atoms. The van der Waals surface area contributed by atoms with E-state index in [-0.39, 0.29) is 19.2 Å². The van der Waals surface area contributed by atoms with Crippen molar-refractivity contribution < 1.29 is 28.5 Å². The van der Waals surface area contributed by atoms with Crippen LogP contribution in [0.3, 0.4) is 0 Å². The number of carbonyl (C=O) groups excluding carboxylic acids is 2. The summed E-state index contributed by atoms with van der Waals surface area (Å²) in [7, 11) is 1.56. The van der Waals surface area contributed by atoms with Gasteiger partial charge in [0, 0.05) is 45.8 Å². The second-order valence-corrected chi connectivity index (χ2v) is 10.5. The standard InChI is InChI=1S/C29H37Cl2N3O6/c1-37-17-18-38-20-28(36)40-21-34-26-19-23(9-7-22(26)8-10-27(34)35)39-16-3-2-11-32-12-14-33(15-13-32)25-6-4-5-24(30)29(25)31/h4-7,9,19H,2-3,8,10-18,20-21H2,1H3. The van der Waals surface area contributed by atoms with Crippen LogP contribution in [0.5, 0.6) is 5.75 Å². The molecule has 2 aromatic rings. The lowest BCUT2D eigenvalue weighted by Gasteiger charge is -2.36. The molecule has 9 nitrogen and oxygen atoms in total. The van der Waals surface area contributed by atoms with E-state index in [1.165, 1.54) is 4.90 Å². The highest BCUT2D eigenvalue weighted by Crippen LogP contribution is 2.33. The number of amides is 1. The van der Waals surface area contributed by atoms with Crippen LogP contribution in [0.1, 0.15) is 24.8 Å². The first-order chi connectivity index (χ1) is 19.5. The summed E-state index contributed by atoms with van der Waals surface area (Å²) >= 11 is 12.6. The second-order valence-electron chi connectivity index (χ2n) is 9.76. The third-order valence-corrected chi connectivity index (χ3v) is 7.85. The average molecular weight is 595 g/mol. The van der Waals surface area contributed by atoms with Crippen LogP contribution in [0.2, 0.25) is 10.0 Å². The monoisotopic (exact) mass is 593 g/mol. The Kier molecular flexibility index (Phi) is 11.7. The van der Waals surface area contributed by atoms with Gasteiger partial charge < -0.3 is 23.8 Å². The Labute approximate surface area is 245 Å². The Morgan fingerprint density at radius 1 is 0.950 bits per heavy atom. The number of fused-ring (bicyclic) bond motifs is 1. The number of carbonyl (C=O) groups is 2. The van der Waals surface area contributed by atoms with Gasteiger partial charge in [0.2, 0.25) is 5.91 Å². The summed E-state index contributed by atoms with van der Waals surface area (Å²) in [5, 5.41) is 1.21. The van der Waals surface area contributed by atoms with Crippen molar-refractivity contribution in [3.8, 4) is 5.75 Å². The molecule has 0 atom stereocenters. The van der Waals surface area contributed by atoms with Crippen LogP contribution in [-0.2, 0) is 30.2 Å². The number of piperazine rings is 1. The highest BCUT2D eigenvalue weighted by Gasteiger charge is 2.26. The topological polar surface area (TPSA) is 80.8 Å². The van der Waals surface area contributed by atoms with E-state index in [0.717, 1.165) is 62.5 Å². The summed E-state index contributed by atoms with van der Waals surface area (Å²) in [5.41, 5.74) is 2.75. The first-order valence-corrected chi connectivity index (χ1v) is 14.4. The van der Waals surface area contributed by atoms with E-state index in [2.05, 4.69) is 9.80 Å². The Morgan fingerprint density at radius 3 is 2.58 bits per heavy atom. The minimum Gasteiger partial charge on any atom is -0.494 e. The van der Waals surface area contributed by atoms with Gasteiger partial charge in [-0.05, 0) is 49.6 Å². The SMILES string of the molecule is COCCOCC(=O)OCN1C(=O)CCc2ccc(OCCCCN3CCN(c4cccc(Cl)c4Cl)CC3)cc21. The fourth-order valence-electron chi connectivity index (χ4n) is 4.80. The number of methoxy groups -OCH3 is 1. The van der Waals surface area contributed by atoms with Gasteiger partial charge in [-0.3, -0.25) is 14.6 Å². The van der Waals surface area contributed by atoms with Crippen LogP contribution in [0.25, 0.3) is 0 Å². The highest BCUT2D eigenvalue weighted by molar-refractivity contribution is 6.43. The van der Waals surface area contributed by atoms with E-state index < -0.39 is 5.97 Å². The first kappa shape index (κ1) is 30.4. The van der Waals surface area contributed by atoms with E-state index in [9.17, 15) is 9.59 Å². The van der Waals surface area contributed by atoms with Gasteiger partial charge in [-0.2, -0.15) is 0 Å². The van der Waals surface area contributed by atoms with Crippen molar-refractivity contribution in [3.63, 3.8) is 0 Å². The minimum atomic E-state index is -0.530. The molecule has 4 rings (SSSR count). The smallest absolute Gasteiger partial charge is 0.333 e. The summed E-state index contributed by atoms with van der Waals surface area (Å²) in [6, 6.07) is 11.5. The van der Waals surface area contributed by atoms with Crippen LogP contribution in [0.15, 0.2) is 36.4 Å². The van der Waals surface area contributed by atoms with Crippen molar-refractivity contribution in [1.82, 2.24) is 4.90 Å². The molecule has 0 aromatic heterocycles. The molecule has 1 fully saturated rings. The molecule has 2 aliphatic heterocycles. The normalized spacial score (nSPS) is 15.7. The number of ether oxygens (including phenoxy) is 4. The number of esters is 1. The summed E-state index contributed by atoms with van der Waals surface area (Å²) in [5.74, 6) is 0.0771. The number of hydrogen-bond donors (Lipinski definition) is 0. The average Bonchev–Trinajstić information content (AvgIpc) is 2.96. The third-order valence-electron chi connectivity index (χ3n) is 7.04. The molecule has 1 amide bonds. The number of anilines is 2. The Morgan fingerprint density at radius 2 is 1.77 bits per heavy atom. The quantitative estimate of drug-likeness (QED) is 0.235. The lowest BCUT2D eigenvalue weighted by atomic mass is 10.0. The molecule has 0 N–H and O–H groups in total. The van der Waals surface area contributed by atoms with Crippen LogP contribution in [0, 0.1) is 0 Å². The molecule has 1 saturated heterocycles. The van der Waals surface area contributed by atoms with Crippen LogP contribution < -0.4 is 14.5 Å². The van der Waals surface area contributed by atoms with Crippen molar-refractivity contribution in [3.05, 3.63) is 52.0 Å². The van der Waals surface area contributed by atoms with Gasteiger partial charge >= 0.3 is 5.97 Å². The van der Waals surface area contributed by atoms with Gasteiger partial charge in [0.05, 0.1) is 41.2 Å². The number of rotatable bonds is 14. The van der Waals surface area contributed by atoms with Gasteiger partial charge in [-0.1, -0.05) is 35.3 Å². The maximum absolute atomic E-state index is 12.6. The Balaban J connectivity index is 1.18. The molecule has 2 aliphatic rings. The molecule has 0 radical (unpaired) electrons. The van der Waals surface area contributed by atoms with Crippen molar-refractivity contribution in [1.29, 1.82) is 0 Å². The van der Waals surface area contributed by atoms with Gasteiger partial charge in [-0.15, -0.1) is 0 Å². The van der Waals surface area contributed by atoms with Gasteiger partial charge in [0.1, 0.15) is 12.4 Å². The van der Waals surface area contributed by atoms with E-state index in [4.69, 9.17) is 42.1 Å². The summed E-state index contributed by atoms with van der Waals surface area (Å²) in [4.78, 5) is 30.8. The minimum absolute atomic E-state index is 0.0875. The van der Waals surface area contributed by atoms with Gasteiger partial charge in [-0.25, -0.2) is 4.79 Å². The van der Waals surface area contributed by atoms with E-state index in [0.29, 0.717) is 48.5 Å². The fourth-order valence-corrected chi connectivity index (χ4v) is 5.22.